The first kappa shape index (κ1) is 22.1. The van der Waals surface area contributed by atoms with Crippen molar-refractivity contribution in [3.63, 3.8) is 0 Å². The van der Waals surface area contributed by atoms with Crippen LogP contribution in [0.1, 0.15) is 40.4 Å². The van der Waals surface area contributed by atoms with Crippen molar-refractivity contribution in [3.8, 4) is 11.3 Å². The molecule has 33 heavy (non-hydrogen) atoms. The van der Waals surface area contributed by atoms with Gasteiger partial charge in [-0.15, -0.1) is 11.3 Å². The second-order valence-corrected chi connectivity index (χ2v) is 10.0. The molecule has 1 aliphatic carbocycles. The molecule has 170 valence electrons. The van der Waals surface area contributed by atoms with Crippen LogP contribution >= 0.6 is 23.1 Å². The van der Waals surface area contributed by atoms with Gasteiger partial charge in [0.1, 0.15) is 16.3 Å². The Balaban J connectivity index is 1.46. The fourth-order valence-electron chi connectivity index (χ4n) is 3.92. The van der Waals surface area contributed by atoms with Crippen molar-refractivity contribution in [2.24, 2.45) is 0 Å². The third-order valence-electron chi connectivity index (χ3n) is 5.56. The Morgan fingerprint density at radius 1 is 1.09 bits per heavy atom. The average Bonchev–Trinajstić information content (AvgIpc) is 3.16. The van der Waals surface area contributed by atoms with Crippen molar-refractivity contribution in [1.82, 2.24) is 19.9 Å². The summed E-state index contributed by atoms with van der Waals surface area (Å²) in [5.74, 6) is 0.552. The van der Waals surface area contributed by atoms with Crippen LogP contribution < -0.4 is 5.56 Å². The molecule has 0 saturated heterocycles. The van der Waals surface area contributed by atoms with E-state index in [2.05, 4.69) is 19.9 Å². The normalized spacial score (nSPS) is 13.9. The summed E-state index contributed by atoms with van der Waals surface area (Å²) in [6.45, 7) is 1.90. The second kappa shape index (κ2) is 8.57. The fraction of sp³-hybridized carbons (Fsp3) is 0.304. The molecule has 0 unspecified atom stereocenters. The molecule has 0 aliphatic heterocycles. The van der Waals surface area contributed by atoms with E-state index >= 15 is 0 Å². The van der Waals surface area contributed by atoms with E-state index in [9.17, 15) is 18.0 Å². The molecule has 0 bridgehead atoms. The molecule has 0 atom stereocenters. The van der Waals surface area contributed by atoms with E-state index in [1.807, 2.05) is 19.1 Å². The van der Waals surface area contributed by atoms with Crippen LogP contribution in [0.4, 0.5) is 13.2 Å². The van der Waals surface area contributed by atoms with Gasteiger partial charge >= 0.3 is 6.18 Å². The summed E-state index contributed by atoms with van der Waals surface area (Å²) in [6.07, 6.45) is -0.588. The lowest BCUT2D eigenvalue weighted by molar-refractivity contribution is -0.141. The Morgan fingerprint density at radius 2 is 1.85 bits per heavy atom. The first-order valence-corrected chi connectivity index (χ1v) is 12.3. The predicted octanol–water partition coefficient (Wildman–Crippen LogP) is 5.94. The monoisotopic (exact) mass is 488 g/mol. The average molecular weight is 489 g/mol. The Kier molecular flexibility index (Phi) is 5.74. The number of halogens is 3. The van der Waals surface area contributed by atoms with Gasteiger partial charge in [0.25, 0.3) is 5.56 Å². The number of fused-ring (bicyclic) bond motifs is 3. The van der Waals surface area contributed by atoms with Crippen molar-refractivity contribution in [1.29, 1.82) is 0 Å². The van der Waals surface area contributed by atoms with Crippen LogP contribution in [0.2, 0.25) is 0 Å². The Morgan fingerprint density at radius 3 is 2.61 bits per heavy atom. The maximum absolute atomic E-state index is 13.5. The molecular weight excluding hydrogens is 469 g/mol. The van der Waals surface area contributed by atoms with E-state index in [0.717, 1.165) is 54.6 Å². The lowest BCUT2D eigenvalue weighted by Crippen LogP contribution is -2.13. The van der Waals surface area contributed by atoms with Gasteiger partial charge in [-0.3, -0.25) is 4.79 Å². The number of H-pyrrole nitrogens is 1. The molecule has 0 fully saturated rings. The zero-order valence-corrected chi connectivity index (χ0v) is 19.3. The highest BCUT2D eigenvalue weighted by atomic mass is 32.2. The summed E-state index contributed by atoms with van der Waals surface area (Å²) in [5, 5.41) is 0.633. The zero-order valence-electron chi connectivity index (χ0n) is 17.6. The maximum atomic E-state index is 13.5. The van der Waals surface area contributed by atoms with Gasteiger partial charge in [-0.05, 0) is 44.2 Å². The van der Waals surface area contributed by atoms with Crippen LogP contribution in [-0.4, -0.2) is 19.9 Å². The number of benzene rings is 1. The van der Waals surface area contributed by atoms with Gasteiger partial charge < -0.3 is 4.98 Å². The quantitative estimate of drug-likeness (QED) is 0.284. The van der Waals surface area contributed by atoms with Crippen LogP contribution in [0.25, 0.3) is 21.5 Å². The number of hydrogen-bond acceptors (Lipinski definition) is 6. The number of thiophene rings is 1. The van der Waals surface area contributed by atoms with Gasteiger partial charge in [0.15, 0.2) is 5.16 Å². The summed E-state index contributed by atoms with van der Waals surface area (Å²) in [7, 11) is 0. The highest BCUT2D eigenvalue weighted by molar-refractivity contribution is 7.98. The first-order valence-electron chi connectivity index (χ1n) is 10.5. The predicted molar refractivity (Wildman–Crippen MR) is 124 cm³/mol. The number of nitrogens with one attached hydrogen (secondary N) is 1. The summed E-state index contributed by atoms with van der Waals surface area (Å²) in [4.78, 5) is 30.0. The minimum absolute atomic E-state index is 0.0198. The van der Waals surface area contributed by atoms with Crippen LogP contribution in [0.5, 0.6) is 0 Å². The molecule has 0 spiro atoms. The third-order valence-corrected chi connectivity index (χ3v) is 7.60. The SMILES string of the molecule is Cc1ccc(-c2cc(C(F)(F)F)nc(SCc3nc4sc5c(c4c(=O)[nH]3)CCCC5)n2)cc1. The molecule has 0 amide bonds. The van der Waals surface area contributed by atoms with Gasteiger partial charge in [-0.2, -0.15) is 13.2 Å². The van der Waals surface area contributed by atoms with E-state index in [1.54, 1.807) is 12.1 Å². The molecule has 0 radical (unpaired) electrons. The number of aromatic amines is 1. The Hall–Kier alpha value is -2.72. The van der Waals surface area contributed by atoms with E-state index < -0.39 is 11.9 Å². The van der Waals surface area contributed by atoms with E-state index in [1.165, 1.54) is 16.2 Å². The highest BCUT2D eigenvalue weighted by Gasteiger charge is 2.34. The molecule has 5 nitrogen and oxygen atoms in total. The fourth-order valence-corrected chi connectivity index (χ4v) is 5.93. The van der Waals surface area contributed by atoms with Crippen molar-refractivity contribution in [2.45, 2.75) is 49.7 Å². The molecule has 4 aromatic rings. The van der Waals surface area contributed by atoms with E-state index in [-0.39, 0.29) is 22.2 Å². The number of rotatable bonds is 4. The standard InChI is InChI=1S/C23H19F3N4OS2/c1-12-6-8-13(9-7-12)15-10-17(23(24,25)26)28-22(27-15)32-11-18-29-20(31)19-14-4-2-3-5-16(14)33-21(19)30-18/h6-10H,2-5,11H2,1H3,(H,29,30,31). The van der Waals surface area contributed by atoms with Crippen molar-refractivity contribution >= 4 is 33.3 Å². The second-order valence-electron chi connectivity index (χ2n) is 7.98. The minimum atomic E-state index is -4.60. The zero-order chi connectivity index (χ0) is 23.2. The Labute approximate surface area is 195 Å². The first-order chi connectivity index (χ1) is 15.8. The molecule has 3 aromatic heterocycles. The molecular formula is C23H19F3N4OS2. The van der Waals surface area contributed by atoms with Crippen LogP contribution in [0.3, 0.4) is 0 Å². The molecule has 1 N–H and O–H groups in total. The van der Waals surface area contributed by atoms with Gasteiger partial charge in [0.2, 0.25) is 0 Å². The number of hydrogen-bond donors (Lipinski definition) is 1. The summed E-state index contributed by atoms with van der Waals surface area (Å²) >= 11 is 2.55. The molecule has 1 aromatic carbocycles. The minimum Gasteiger partial charge on any atom is -0.309 e. The number of alkyl halides is 3. The third kappa shape index (κ3) is 4.54. The summed E-state index contributed by atoms with van der Waals surface area (Å²) in [5.41, 5.74) is 1.67. The summed E-state index contributed by atoms with van der Waals surface area (Å²) in [6, 6.07) is 8.07. The van der Waals surface area contributed by atoms with E-state index in [0.29, 0.717) is 21.6 Å². The van der Waals surface area contributed by atoms with Gasteiger partial charge in [-0.1, -0.05) is 41.6 Å². The van der Waals surface area contributed by atoms with Crippen LogP contribution in [0, 0.1) is 6.92 Å². The number of nitrogens with zero attached hydrogens (tertiary/aromatic N) is 3. The van der Waals surface area contributed by atoms with Crippen molar-refractivity contribution in [3.05, 3.63) is 68.2 Å². The van der Waals surface area contributed by atoms with Crippen LogP contribution in [-0.2, 0) is 24.8 Å². The smallest absolute Gasteiger partial charge is 0.309 e. The number of thioether (sulfide) groups is 1. The summed E-state index contributed by atoms with van der Waals surface area (Å²) < 4.78 is 40.4. The number of aromatic nitrogens is 4. The topological polar surface area (TPSA) is 71.5 Å². The largest absolute Gasteiger partial charge is 0.433 e. The molecule has 10 heteroatoms. The number of aryl methyl sites for hydroxylation is 3. The Bertz CT molecular complexity index is 1390. The molecule has 0 saturated carbocycles. The van der Waals surface area contributed by atoms with Gasteiger partial charge in [0, 0.05) is 10.4 Å². The van der Waals surface area contributed by atoms with Gasteiger partial charge in [-0.25, -0.2) is 15.0 Å². The maximum Gasteiger partial charge on any atom is 0.433 e. The molecule has 5 rings (SSSR count). The van der Waals surface area contributed by atoms with Crippen molar-refractivity contribution < 1.29 is 13.2 Å². The molecule has 1 aliphatic rings. The lowest BCUT2D eigenvalue weighted by Gasteiger charge is -2.11. The molecule has 3 heterocycles. The van der Waals surface area contributed by atoms with Crippen LogP contribution in [0.15, 0.2) is 40.3 Å². The van der Waals surface area contributed by atoms with Crippen molar-refractivity contribution in [2.75, 3.05) is 0 Å². The highest BCUT2D eigenvalue weighted by Crippen LogP contribution is 2.35. The van der Waals surface area contributed by atoms with Gasteiger partial charge in [0.05, 0.1) is 16.8 Å². The van der Waals surface area contributed by atoms with E-state index in [4.69, 9.17) is 0 Å². The lowest BCUT2D eigenvalue weighted by atomic mass is 9.97.